The molecule has 0 aliphatic heterocycles. The Hall–Kier alpha value is -0.260. The Balaban J connectivity index is 2.42. The average Bonchev–Trinajstić information content (AvgIpc) is 2.15. The van der Waals surface area contributed by atoms with Crippen LogP contribution in [0.4, 0.5) is 13.2 Å². The van der Waals surface area contributed by atoms with Gasteiger partial charge in [0.2, 0.25) is 0 Å². The molecule has 0 radical (unpaired) electrons. The van der Waals surface area contributed by atoms with E-state index in [-0.39, 0.29) is 18.9 Å². The molecule has 1 aliphatic carbocycles. The summed E-state index contributed by atoms with van der Waals surface area (Å²) in [6.45, 7) is 3.87. The predicted molar refractivity (Wildman–Crippen MR) is 56.3 cm³/mol. The fourth-order valence-corrected chi connectivity index (χ4v) is 1.92. The van der Waals surface area contributed by atoms with Crippen LogP contribution in [0, 0.1) is 0 Å². The van der Waals surface area contributed by atoms with Crippen molar-refractivity contribution in [2.75, 3.05) is 6.54 Å². The first kappa shape index (κ1) is 13.8. The normalized spacial score (nSPS) is 31.4. The van der Waals surface area contributed by atoms with Gasteiger partial charge in [-0.3, -0.25) is 0 Å². The molecule has 1 aliphatic rings. The number of hydrogen-bond acceptors (Lipinski definition) is 2. The summed E-state index contributed by atoms with van der Waals surface area (Å²) in [7, 11) is 0. The highest BCUT2D eigenvalue weighted by Gasteiger charge is 2.54. The Bertz CT molecular complexity index is 259. The second-order valence-corrected chi connectivity index (χ2v) is 4.74. The van der Waals surface area contributed by atoms with Crippen LogP contribution in [0.1, 0.15) is 25.7 Å². The van der Waals surface area contributed by atoms with Gasteiger partial charge in [-0.25, -0.2) is 0 Å². The minimum atomic E-state index is -4.53. The number of nitrogens with one attached hydrogen (secondary N) is 1. The summed E-state index contributed by atoms with van der Waals surface area (Å²) in [5, 5.41) is 12.8. The van der Waals surface area contributed by atoms with Crippen molar-refractivity contribution in [3.05, 3.63) is 11.6 Å². The minimum absolute atomic E-state index is 0.0295. The van der Waals surface area contributed by atoms with Gasteiger partial charge < -0.3 is 10.4 Å². The van der Waals surface area contributed by atoms with Crippen molar-refractivity contribution in [2.45, 2.75) is 43.5 Å². The fourth-order valence-electron chi connectivity index (χ4n) is 1.84. The third-order valence-corrected chi connectivity index (χ3v) is 3.06. The van der Waals surface area contributed by atoms with E-state index in [0.717, 1.165) is 0 Å². The van der Waals surface area contributed by atoms with Crippen molar-refractivity contribution >= 4 is 11.6 Å². The molecule has 94 valence electrons. The monoisotopic (exact) mass is 257 g/mol. The molecule has 16 heavy (non-hydrogen) atoms. The molecule has 0 aromatic carbocycles. The zero-order valence-electron chi connectivity index (χ0n) is 8.78. The molecule has 0 saturated heterocycles. The lowest BCUT2D eigenvalue weighted by Gasteiger charge is -2.37. The zero-order chi connectivity index (χ0) is 12.4. The van der Waals surface area contributed by atoms with Crippen LogP contribution >= 0.6 is 11.6 Å². The van der Waals surface area contributed by atoms with Gasteiger partial charge in [0.1, 0.15) is 0 Å². The quantitative estimate of drug-likeness (QED) is 0.815. The predicted octanol–water partition coefficient (Wildman–Crippen LogP) is 2.56. The summed E-state index contributed by atoms with van der Waals surface area (Å²) in [5.41, 5.74) is -2.51. The Labute approximate surface area is 97.5 Å². The summed E-state index contributed by atoms with van der Waals surface area (Å²) in [6.07, 6.45) is -4.47. The van der Waals surface area contributed by atoms with Gasteiger partial charge in [-0.1, -0.05) is 18.2 Å². The van der Waals surface area contributed by atoms with Gasteiger partial charge in [-0.15, -0.1) is 0 Å². The number of aliphatic hydroxyl groups is 1. The van der Waals surface area contributed by atoms with Gasteiger partial charge in [-0.05, 0) is 25.7 Å². The maximum Gasteiger partial charge on any atom is 0.417 e. The van der Waals surface area contributed by atoms with E-state index in [9.17, 15) is 18.3 Å². The molecule has 0 aromatic rings. The van der Waals surface area contributed by atoms with Crippen molar-refractivity contribution < 1.29 is 18.3 Å². The molecule has 0 spiro atoms. The molecule has 1 saturated carbocycles. The smallest absolute Gasteiger partial charge is 0.380 e. The number of hydrogen-bond donors (Lipinski definition) is 2. The highest BCUT2D eigenvalue weighted by molar-refractivity contribution is 6.29. The summed E-state index contributed by atoms with van der Waals surface area (Å²) < 4.78 is 37.4. The lowest BCUT2D eigenvalue weighted by molar-refractivity contribution is -0.270. The van der Waals surface area contributed by atoms with Gasteiger partial charge in [0.05, 0.1) is 0 Å². The molecular formula is C10H15ClF3NO. The lowest BCUT2D eigenvalue weighted by atomic mass is 9.81. The van der Waals surface area contributed by atoms with Crippen LogP contribution in [0.3, 0.4) is 0 Å². The van der Waals surface area contributed by atoms with E-state index in [0.29, 0.717) is 24.4 Å². The highest BCUT2D eigenvalue weighted by atomic mass is 35.5. The molecule has 0 heterocycles. The standard InChI is InChI=1S/C10H15ClF3NO/c1-7(11)6-15-8-2-4-9(16,5-3-8)10(12,13)14/h8,15-16H,1-6H2. The maximum absolute atomic E-state index is 12.5. The van der Waals surface area contributed by atoms with Crippen LogP contribution in [0.15, 0.2) is 11.6 Å². The van der Waals surface area contributed by atoms with Crippen LogP contribution < -0.4 is 5.32 Å². The summed E-state index contributed by atoms with van der Waals surface area (Å²) in [4.78, 5) is 0. The van der Waals surface area contributed by atoms with Crippen LogP contribution in [0.25, 0.3) is 0 Å². The Morgan fingerprint density at radius 2 is 1.94 bits per heavy atom. The second-order valence-electron chi connectivity index (χ2n) is 4.20. The second kappa shape index (κ2) is 4.94. The Kier molecular flexibility index (Phi) is 4.26. The summed E-state index contributed by atoms with van der Waals surface area (Å²) >= 11 is 5.54. The third-order valence-electron chi connectivity index (χ3n) is 2.92. The Morgan fingerprint density at radius 3 is 2.31 bits per heavy atom. The molecule has 0 atom stereocenters. The third kappa shape index (κ3) is 3.37. The topological polar surface area (TPSA) is 32.3 Å². The molecule has 6 heteroatoms. The molecule has 0 bridgehead atoms. The lowest BCUT2D eigenvalue weighted by Crippen LogP contribution is -2.50. The molecule has 1 fully saturated rings. The summed E-state index contributed by atoms with van der Waals surface area (Å²) in [6, 6.07) is -0.0295. The van der Waals surface area contributed by atoms with Crippen LogP contribution in [-0.4, -0.2) is 29.5 Å². The van der Waals surface area contributed by atoms with Crippen molar-refractivity contribution in [2.24, 2.45) is 0 Å². The van der Waals surface area contributed by atoms with E-state index in [1.54, 1.807) is 0 Å². The van der Waals surface area contributed by atoms with E-state index in [1.807, 2.05) is 0 Å². The van der Waals surface area contributed by atoms with Gasteiger partial charge in [0, 0.05) is 17.6 Å². The average molecular weight is 258 g/mol. The van der Waals surface area contributed by atoms with Gasteiger partial charge in [0.15, 0.2) is 5.60 Å². The zero-order valence-corrected chi connectivity index (χ0v) is 9.53. The summed E-state index contributed by atoms with van der Waals surface area (Å²) in [5.74, 6) is 0. The Morgan fingerprint density at radius 1 is 1.44 bits per heavy atom. The van der Waals surface area contributed by atoms with Crippen molar-refractivity contribution in [3.63, 3.8) is 0 Å². The molecule has 2 N–H and O–H groups in total. The van der Waals surface area contributed by atoms with Crippen molar-refractivity contribution in [1.29, 1.82) is 0 Å². The minimum Gasteiger partial charge on any atom is -0.380 e. The first-order chi connectivity index (χ1) is 7.24. The highest BCUT2D eigenvalue weighted by Crippen LogP contribution is 2.41. The fraction of sp³-hybridized carbons (Fsp3) is 0.800. The van der Waals surface area contributed by atoms with Gasteiger partial charge in [-0.2, -0.15) is 13.2 Å². The van der Waals surface area contributed by atoms with Crippen LogP contribution in [0.2, 0.25) is 0 Å². The van der Waals surface area contributed by atoms with E-state index in [2.05, 4.69) is 11.9 Å². The van der Waals surface area contributed by atoms with Crippen molar-refractivity contribution in [3.8, 4) is 0 Å². The first-order valence-electron chi connectivity index (χ1n) is 5.10. The SMILES string of the molecule is C=C(Cl)CNC1CCC(O)(C(F)(F)F)CC1. The number of rotatable bonds is 3. The largest absolute Gasteiger partial charge is 0.417 e. The first-order valence-corrected chi connectivity index (χ1v) is 5.48. The molecule has 2 nitrogen and oxygen atoms in total. The molecule has 0 unspecified atom stereocenters. The maximum atomic E-state index is 12.5. The van der Waals surface area contributed by atoms with Gasteiger partial charge in [0.25, 0.3) is 0 Å². The van der Waals surface area contributed by atoms with E-state index in [1.165, 1.54) is 0 Å². The number of alkyl halides is 3. The molecule has 0 amide bonds. The number of halogens is 4. The molecule has 1 rings (SSSR count). The van der Waals surface area contributed by atoms with Crippen LogP contribution in [-0.2, 0) is 0 Å². The molecular weight excluding hydrogens is 243 g/mol. The van der Waals surface area contributed by atoms with Crippen molar-refractivity contribution in [1.82, 2.24) is 5.32 Å². The van der Waals surface area contributed by atoms with E-state index in [4.69, 9.17) is 11.6 Å². The molecule has 0 aromatic heterocycles. The van der Waals surface area contributed by atoms with Crippen LogP contribution in [0.5, 0.6) is 0 Å². The van der Waals surface area contributed by atoms with Gasteiger partial charge >= 0.3 is 6.18 Å². The van der Waals surface area contributed by atoms with E-state index >= 15 is 0 Å². The van der Waals surface area contributed by atoms with E-state index < -0.39 is 11.8 Å².